The largest absolute Gasteiger partial charge is 0.444 e. The number of hydrogen-bond acceptors (Lipinski definition) is 4. The summed E-state index contributed by atoms with van der Waals surface area (Å²) in [5, 5.41) is 2.81. The van der Waals surface area contributed by atoms with E-state index in [4.69, 9.17) is 4.74 Å². The first-order chi connectivity index (χ1) is 11.3. The van der Waals surface area contributed by atoms with Gasteiger partial charge in [-0.25, -0.2) is 4.79 Å². The molecule has 0 spiro atoms. The lowest BCUT2D eigenvalue weighted by Crippen LogP contribution is -2.55. The van der Waals surface area contributed by atoms with Gasteiger partial charge in [0.05, 0.1) is 0 Å². The Kier molecular flexibility index (Phi) is 6.24. The highest BCUT2D eigenvalue weighted by atomic mass is 16.6. The zero-order valence-electron chi connectivity index (χ0n) is 15.1. The molecule has 6 nitrogen and oxygen atoms in total. The standard InChI is InChI=1S/C18H30N2O4/c1-18(2,3)24-17(23)19-15(13-7-5-4-6-8-13)16(22)20-11-9-14(21)10-12-20/h13,15H,4-12H2,1-3H3,(H,19,23). The second-order valence-corrected chi connectivity index (χ2v) is 7.89. The minimum atomic E-state index is -0.595. The number of rotatable bonds is 3. The second kappa shape index (κ2) is 7.99. The van der Waals surface area contributed by atoms with Gasteiger partial charge < -0.3 is 15.0 Å². The summed E-state index contributed by atoms with van der Waals surface area (Å²) in [6.07, 6.45) is 5.52. The van der Waals surface area contributed by atoms with Crippen molar-refractivity contribution in [1.82, 2.24) is 10.2 Å². The van der Waals surface area contributed by atoms with Crippen molar-refractivity contribution in [2.45, 2.75) is 77.4 Å². The van der Waals surface area contributed by atoms with Crippen LogP contribution in [0, 0.1) is 5.92 Å². The van der Waals surface area contributed by atoms with E-state index in [2.05, 4.69) is 5.32 Å². The molecule has 1 unspecified atom stereocenters. The highest BCUT2D eigenvalue weighted by molar-refractivity contribution is 5.88. The lowest BCUT2D eigenvalue weighted by molar-refractivity contribution is -0.138. The van der Waals surface area contributed by atoms with Crippen molar-refractivity contribution >= 4 is 17.8 Å². The molecular weight excluding hydrogens is 308 g/mol. The number of carbonyl (C=O) groups is 3. The van der Waals surface area contributed by atoms with E-state index in [-0.39, 0.29) is 17.6 Å². The summed E-state index contributed by atoms with van der Waals surface area (Å²) in [6.45, 7) is 6.33. The molecule has 0 aromatic rings. The average Bonchev–Trinajstić information content (AvgIpc) is 2.52. The van der Waals surface area contributed by atoms with E-state index in [1.807, 2.05) is 0 Å². The number of likely N-dealkylation sites (tertiary alicyclic amines) is 1. The fourth-order valence-electron chi connectivity index (χ4n) is 3.46. The van der Waals surface area contributed by atoms with Gasteiger partial charge in [-0.1, -0.05) is 19.3 Å². The maximum atomic E-state index is 12.9. The third-order valence-corrected chi connectivity index (χ3v) is 4.69. The highest BCUT2D eigenvalue weighted by Crippen LogP contribution is 2.28. The molecular formula is C18H30N2O4. The molecule has 2 fully saturated rings. The van der Waals surface area contributed by atoms with Crippen molar-refractivity contribution < 1.29 is 19.1 Å². The molecule has 2 amide bonds. The van der Waals surface area contributed by atoms with Crippen molar-refractivity contribution in [3.63, 3.8) is 0 Å². The van der Waals surface area contributed by atoms with E-state index in [1.165, 1.54) is 6.42 Å². The molecule has 1 saturated heterocycles. The monoisotopic (exact) mass is 338 g/mol. The smallest absolute Gasteiger partial charge is 0.408 e. The molecule has 1 atom stereocenters. The van der Waals surface area contributed by atoms with Gasteiger partial charge in [0.1, 0.15) is 17.4 Å². The van der Waals surface area contributed by atoms with Gasteiger partial charge in [-0.2, -0.15) is 0 Å². The van der Waals surface area contributed by atoms with Crippen LogP contribution in [0.1, 0.15) is 65.7 Å². The summed E-state index contributed by atoms with van der Waals surface area (Å²) in [7, 11) is 0. The van der Waals surface area contributed by atoms with Crippen LogP contribution in [-0.4, -0.2) is 47.4 Å². The Bertz CT molecular complexity index is 468. The molecule has 0 radical (unpaired) electrons. The molecule has 2 rings (SSSR count). The predicted molar refractivity (Wildman–Crippen MR) is 90.6 cm³/mol. The van der Waals surface area contributed by atoms with Gasteiger partial charge in [0, 0.05) is 25.9 Å². The van der Waals surface area contributed by atoms with Crippen molar-refractivity contribution in [2.24, 2.45) is 5.92 Å². The van der Waals surface area contributed by atoms with Gasteiger partial charge in [-0.15, -0.1) is 0 Å². The first-order valence-electron chi connectivity index (χ1n) is 9.06. The van der Waals surface area contributed by atoms with Crippen LogP contribution in [0.25, 0.3) is 0 Å². The fraction of sp³-hybridized carbons (Fsp3) is 0.833. The second-order valence-electron chi connectivity index (χ2n) is 7.89. The fourth-order valence-corrected chi connectivity index (χ4v) is 3.46. The summed E-state index contributed by atoms with van der Waals surface area (Å²) in [5.41, 5.74) is -0.595. The molecule has 24 heavy (non-hydrogen) atoms. The lowest BCUT2D eigenvalue weighted by atomic mass is 9.83. The number of alkyl carbamates (subject to hydrolysis) is 1. The molecule has 1 aliphatic carbocycles. The molecule has 136 valence electrons. The molecule has 1 aliphatic heterocycles. The van der Waals surface area contributed by atoms with Crippen LogP contribution in [0.2, 0.25) is 0 Å². The number of hydrogen-bond donors (Lipinski definition) is 1. The highest BCUT2D eigenvalue weighted by Gasteiger charge is 2.35. The quantitative estimate of drug-likeness (QED) is 0.858. The summed E-state index contributed by atoms with van der Waals surface area (Å²) in [6, 6.07) is -0.548. The molecule has 2 aliphatic rings. The maximum Gasteiger partial charge on any atom is 0.408 e. The topological polar surface area (TPSA) is 75.7 Å². The summed E-state index contributed by atoms with van der Waals surface area (Å²) in [5.74, 6) is 0.282. The van der Waals surface area contributed by atoms with Crippen LogP contribution in [0.3, 0.4) is 0 Å². The third kappa shape index (κ3) is 5.49. The van der Waals surface area contributed by atoms with Crippen LogP contribution < -0.4 is 5.32 Å². The Hall–Kier alpha value is -1.59. The van der Waals surface area contributed by atoms with Crippen LogP contribution in [0.15, 0.2) is 0 Å². The number of Topliss-reactive ketones (excluding diaryl/α,β-unsaturated/α-hetero) is 1. The van der Waals surface area contributed by atoms with Crippen molar-refractivity contribution in [1.29, 1.82) is 0 Å². The predicted octanol–water partition coefficient (Wildman–Crippen LogP) is 2.65. The average molecular weight is 338 g/mol. The van der Waals surface area contributed by atoms with Gasteiger partial charge in [0.15, 0.2) is 0 Å². The molecule has 6 heteroatoms. The van der Waals surface area contributed by atoms with E-state index in [9.17, 15) is 14.4 Å². The zero-order valence-corrected chi connectivity index (χ0v) is 15.1. The van der Waals surface area contributed by atoms with Gasteiger partial charge in [0.2, 0.25) is 5.91 Å². The Morgan fingerprint density at radius 2 is 1.71 bits per heavy atom. The van der Waals surface area contributed by atoms with Crippen LogP contribution in [0.5, 0.6) is 0 Å². The first kappa shape index (κ1) is 18.7. The first-order valence-corrected chi connectivity index (χ1v) is 9.06. The Balaban J connectivity index is 2.05. The Morgan fingerprint density at radius 1 is 1.12 bits per heavy atom. The Morgan fingerprint density at radius 3 is 2.25 bits per heavy atom. The number of amides is 2. The van der Waals surface area contributed by atoms with Gasteiger partial charge in [0.25, 0.3) is 0 Å². The summed E-state index contributed by atoms with van der Waals surface area (Å²) in [4.78, 5) is 38.3. The number of piperidine rings is 1. The summed E-state index contributed by atoms with van der Waals surface area (Å²) < 4.78 is 5.34. The zero-order chi connectivity index (χ0) is 17.7. The SMILES string of the molecule is CC(C)(C)OC(=O)NC(C(=O)N1CCC(=O)CC1)C1CCCCC1. The number of ether oxygens (including phenoxy) is 1. The number of ketones is 1. The van der Waals surface area contributed by atoms with Gasteiger partial charge in [-0.05, 0) is 39.5 Å². The molecule has 0 aromatic heterocycles. The molecule has 0 bridgehead atoms. The molecule has 1 saturated carbocycles. The molecule has 1 heterocycles. The number of nitrogens with zero attached hydrogens (tertiary/aromatic N) is 1. The third-order valence-electron chi connectivity index (χ3n) is 4.69. The maximum absolute atomic E-state index is 12.9. The van der Waals surface area contributed by atoms with Crippen LogP contribution in [-0.2, 0) is 14.3 Å². The van der Waals surface area contributed by atoms with E-state index < -0.39 is 17.7 Å². The summed E-state index contributed by atoms with van der Waals surface area (Å²) >= 11 is 0. The van der Waals surface area contributed by atoms with E-state index in [0.29, 0.717) is 25.9 Å². The van der Waals surface area contributed by atoms with Gasteiger partial charge in [-0.3, -0.25) is 9.59 Å². The van der Waals surface area contributed by atoms with E-state index >= 15 is 0 Å². The van der Waals surface area contributed by atoms with Crippen LogP contribution in [0.4, 0.5) is 4.79 Å². The minimum absolute atomic E-state index is 0.0692. The van der Waals surface area contributed by atoms with Crippen molar-refractivity contribution in [2.75, 3.05) is 13.1 Å². The van der Waals surface area contributed by atoms with E-state index in [0.717, 1.165) is 25.7 Å². The lowest BCUT2D eigenvalue weighted by Gasteiger charge is -2.35. The van der Waals surface area contributed by atoms with Gasteiger partial charge >= 0.3 is 6.09 Å². The Labute approximate surface area is 144 Å². The number of carbonyl (C=O) groups excluding carboxylic acids is 3. The molecule has 0 aromatic carbocycles. The van der Waals surface area contributed by atoms with Crippen molar-refractivity contribution in [3.8, 4) is 0 Å². The normalized spacial score (nSPS) is 21.3. The number of nitrogens with one attached hydrogen (secondary N) is 1. The van der Waals surface area contributed by atoms with E-state index in [1.54, 1.807) is 25.7 Å². The molecule has 1 N–H and O–H groups in total. The van der Waals surface area contributed by atoms with Crippen LogP contribution >= 0.6 is 0 Å². The van der Waals surface area contributed by atoms with Crippen molar-refractivity contribution in [3.05, 3.63) is 0 Å². The minimum Gasteiger partial charge on any atom is -0.444 e.